The standard InChI is InChI=1S/C22H21N3O3S/c1-27-19(26)12-14-25-21(20(24-22(25)29)16-9-5-6-13-23-16)18-11-10-17(28-18)15-7-3-2-4-8-15/h2-11,13,20-21H,12,14H2,1H3,(H,24,29)/t20-,21-/m1/s1. The number of carbonyl (C=O) groups excluding carboxylic acids is 1. The van der Waals surface area contributed by atoms with Gasteiger partial charge in [-0.3, -0.25) is 9.78 Å². The lowest BCUT2D eigenvalue weighted by Crippen LogP contribution is -2.31. The summed E-state index contributed by atoms with van der Waals surface area (Å²) in [6, 6.07) is 19.2. The third-order valence-corrected chi connectivity index (χ3v) is 5.31. The molecule has 2 aromatic heterocycles. The minimum atomic E-state index is -0.280. The van der Waals surface area contributed by atoms with Crippen molar-refractivity contribution >= 4 is 23.3 Å². The zero-order valence-corrected chi connectivity index (χ0v) is 16.8. The van der Waals surface area contributed by atoms with E-state index >= 15 is 0 Å². The number of rotatable bonds is 6. The number of nitrogens with one attached hydrogen (secondary N) is 1. The highest BCUT2D eigenvalue weighted by atomic mass is 32.1. The van der Waals surface area contributed by atoms with Gasteiger partial charge in [-0.25, -0.2) is 0 Å². The zero-order chi connectivity index (χ0) is 20.2. The molecule has 1 aliphatic heterocycles. The van der Waals surface area contributed by atoms with Gasteiger partial charge in [-0.05, 0) is 36.5 Å². The van der Waals surface area contributed by atoms with Crippen molar-refractivity contribution in [1.82, 2.24) is 15.2 Å². The molecule has 0 aliphatic carbocycles. The number of hydrogen-bond donors (Lipinski definition) is 1. The van der Waals surface area contributed by atoms with Crippen LogP contribution < -0.4 is 5.32 Å². The first kappa shape index (κ1) is 19.1. The van der Waals surface area contributed by atoms with Gasteiger partial charge in [-0.1, -0.05) is 36.4 Å². The Hall–Kier alpha value is -3.19. The summed E-state index contributed by atoms with van der Waals surface area (Å²) in [5.41, 5.74) is 1.86. The second-order valence-electron chi connectivity index (χ2n) is 6.71. The van der Waals surface area contributed by atoms with E-state index in [2.05, 4.69) is 10.3 Å². The summed E-state index contributed by atoms with van der Waals surface area (Å²) in [6.45, 7) is 0.424. The number of aromatic nitrogens is 1. The van der Waals surface area contributed by atoms with Crippen molar-refractivity contribution in [3.8, 4) is 11.3 Å². The molecule has 1 fully saturated rings. The fourth-order valence-corrected chi connectivity index (χ4v) is 3.87. The molecule has 148 valence electrons. The predicted octanol–water partition coefficient (Wildman–Crippen LogP) is 3.88. The molecule has 1 aliphatic rings. The Bertz CT molecular complexity index is 991. The normalized spacial score (nSPS) is 18.5. The van der Waals surface area contributed by atoms with Crippen LogP contribution in [0.2, 0.25) is 0 Å². The number of esters is 1. The highest BCUT2D eigenvalue weighted by molar-refractivity contribution is 7.80. The molecule has 1 saturated heterocycles. The Kier molecular flexibility index (Phi) is 5.57. The summed E-state index contributed by atoms with van der Waals surface area (Å²) in [5.74, 6) is 1.26. The van der Waals surface area contributed by atoms with Gasteiger partial charge in [0.25, 0.3) is 0 Å². The van der Waals surface area contributed by atoms with Crippen LogP contribution in [0.4, 0.5) is 0 Å². The molecule has 1 N–H and O–H groups in total. The van der Waals surface area contributed by atoms with Crippen molar-refractivity contribution in [2.45, 2.75) is 18.5 Å². The van der Waals surface area contributed by atoms with Crippen molar-refractivity contribution in [3.05, 3.63) is 78.3 Å². The van der Waals surface area contributed by atoms with Crippen LogP contribution in [0.25, 0.3) is 11.3 Å². The van der Waals surface area contributed by atoms with Crippen molar-refractivity contribution in [1.29, 1.82) is 0 Å². The Morgan fingerprint density at radius 1 is 1.17 bits per heavy atom. The number of carbonyl (C=O) groups is 1. The van der Waals surface area contributed by atoms with E-state index in [-0.39, 0.29) is 24.5 Å². The highest BCUT2D eigenvalue weighted by Gasteiger charge is 2.41. The van der Waals surface area contributed by atoms with Crippen LogP contribution in [-0.2, 0) is 9.53 Å². The van der Waals surface area contributed by atoms with Gasteiger partial charge in [0.05, 0.1) is 25.3 Å². The number of ether oxygens (including phenoxy) is 1. The smallest absolute Gasteiger partial charge is 0.307 e. The summed E-state index contributed by atoms with van der Waals surface area (Å²) in [6.07, 6.45) is 1.99. The van der Waals surface area contributed by atoms with Crippen molar-refractivity contribution in [3.63, 3.8) is 0 Å². The van der Waals surface area contributed by atoms with Gasteiger partial charge in [-0.15, -0.1) is 0 Å². The topological polar surface area (TPSA) is 67.6 Å². The molecule has 0 unspecified atom stereocenters. The van der Waals surface area contributed by atoms with Crippen molar-refractivity contribution in [2.75, 3.05) is 13.7 Å². The molecule has 6 nitrogen and oxygen atoms in total. The minimum Gasteiger partial charge on any atom is -0.469 e. The largest absolute Gasteiger partial charge is 0.469 e. The molecular weight excluding hydrogens is 386 g/mol. The lowest BCUT2D eigenvalue weighted by Gasteiger charge is -2.25. The van der Waals surface area contributed by atoms with Gasteiger partial charge >= 0.3 is 5.97 Å². The number of pyridine rings is 1. The number of methoxy groups -OCH3 is 1. The lowest BCUT2D eigenvalue weighted by molar-refractivity contribution is -0.140. The maximum atomic E-state index is 11.7. The Balaban J connectivity index is 1.68. The van der Waals surface area contributed by atoms with Gasteiger partial charge in [0, 0.05) is 18.3 Å². The van der Waals surface area contributed by atoms with Crippen LogP contribution in [0.15, 0.2) is 71.3 Å². The fraction of sp³-hybridized carbons (Fsp3) is 0.227. The van der Waals surface area contributed by atoms with Crippen LogP contribution in [0.5, 0.6) is 0 Å². The lowest BCUT2D eigenvalue weighted by atomic mass is 10.0. The van der Waals surface area contributed by atoms with E-state index in [0.29, 0.717) is 11.7 Å². The van der Waals surface area contributed by atoms with Gasteiger partial charge < -0.3 is 19.4 Å². The van der Waals surface area contributed by atoms with E-state index in [1.165, 1.54) is 7.11 Å². The molecule has 1 aromatic carbocycles. The molecule has 4 rings (SSSR count). The van der Waals surface area contributed by atoms with E-state index in [1.54, 1.807) is 6.20 Å². The highest BCUT2D eigenvalue weighted by Crippen LogP contribution is 2.40. The quantitative estimate of drug-likeness (QED) is 0.491. The molecule has 3 heterocycles. The maximum Gasteiger partial charge on any atom is 0.307 e. The Labute approximate surface area is 174 Å². The number of nitrogens with zero attached hydrogens (tertiary/aromatic N) is 2. The van der Waals surface area contributed by atoms with Crippen LogP contribution in [0.1, 0.15) is 30.0 Å². The Morgan fingerprint density at radius 3 is 2.69 bits per heavy atom. The van der Waals surface area contributed by atoms with Crippen LogP contribution in [0.3, 0.4) is 0 Å². The predicted molar refractivity (Wildman–Crippen MR) is 113 cm³/mol. The van der Waals surface area contributed by atoms with Crippen molar-refractivity contribution < 1.29 is 13.9 Å². The molecule has 0 bridgehead atoms. The first-order valence-corrected chi connectivity index (χ1v) is 9.78. The number of thiocarbonyl (C=S) groups is 1. The van der Waals surface area contributed by atoms with Gasteiger partial charge in [0.15, 0.2) is 5.11 Å². The van der Waals surface area contributed by atoms with E-state index < -0.39 is 0 Å². The summed E-state index contributed by atoms with van der Waals surface area (Å²) in [4.78, 5) is 18.2. The first-order valence-electron chi connectivity index (χ1n) is 9.37. The molecule has 29 heavy (non-hydrogen) atoms. The number of benzene rings is 1. The molecular formula is C22H21N3O3S. The second-order valence-corrected chi connectivity index (χ2v) is 7.10. The molecule has 0 radical (unpaired) electrons. The second kappa shape index (κ2) is 8.45. The number of furan rings is 1. The van der Waals surface area contributed by atoms with E-state index in [1.807, 2.05) is 65.6 Å². The summed E-state index contributed by atoms with van der Waals surface area (Å²) in [7, 11) is 1.38. The molecule has 0 saturated carbocycles. The summed E-state index contributed by atoms with van der Waals surface area (Å²) >= 11 is 5.58. The average molecular weight is 407 g/mol. The minimum absolute atomic E-state index is 0.184. The maximum absolute atomic E-state index is 11.7. The third-order valence-electron chi connectivity index (χ3n) is 4.96. The average Bonchev–Trinajstić information content (AvgIpc) is 3.38. The van der Waals surface area contributed by atoms with E-state index in [9.17, 15) is 4.79 Å². The zero-order valence-electron chi connectivity index (χ0n) is 15.9. The van der Waals surface area contributed by atoms with Gasteiger partial charge in [0.2, 0.25) is 0 Å². The molecule has 0 spiro atoms. The molecule has 3 aromatic rings. The van der Waals surface area contributed by atoms with Gasteiger partial charge in [0.1, 0.15) is 17.6 Å². The fourth-order valence-electron chi connectivity index (χ4n) is 3.54. The summed E-state index contributed by atoms with van der Waals surface area (Å²) in [5, 5.41) is 3.90. The first-order chi connectivity index (χ1) is 14.2. The monoisotopic (exact) mass is 407 g/mol. The Morgan fingerprint density at radius 2 is 1.97 bits per heavy atom. The van der Waals surface area contributed by atoms with E-state index in [4.69, 9.17) is 21.4 Å². The molecule has 2 atom stereocenters. The van der Waals surface area contributed by atoms with Gasteiger partial charge in [-0.2, -0.15) is 0 Å². The van der Waals surface area contributed by atoms with Crippen LogP contribution >= 0.6 is 12.2 Å². The SMILES string of the molecule is COC(=O)CCN1C(=S)N[C@H](c2ccccn2)[C@H]1c1ccc(-c2ccccc2)o1. The van der Waals surface area contributed by atoms with Crippen molar-refractivity contribution in [2.24, 2.45) is 0 Å². The third kappa shape index (κ3) is 4.00. The summed E-state index contributed by atoms with van der Waals surface area (Å²) < 4.78 is 11.0. The van der Waals surface area contributed by atoms with E-state index in [0.717, 1.165) is 22.8 Å². The molecule has 7 heteroatoms. The molecule has 0 amide bonds. The van der Waals surface area contributed by atoms with Crippen LogP contribution in [-0.4, -0.2) is 34.6 Å². The van der Waals surface area contributed by atoms with Crippen LogP contribution in [0, 0.1) is 0 Å². The number of hydrogen-bond acceptors (Lipinski definition) is 5.